The molecule has 0 spiro atoms. The number of aryl methyl sites for hydroxylation is 2. The third-order valence-corrected chi connectivity index (χ3v) is 5.21. The summed E-state index contributed by atoms with van der Waals surface area (Å²) >= 11 is 0. The van der Waals surface area contributed by atoms with Crippen molar-refractivity contribution in [3.63, 3.8) is 0 Å². The van der Waals surface area contributed by atoms with Crippen LogP contribution in [0.15, 0.2) is 47.4 Å². The molecule has 1 aliphatic carbocycles. The van der Waals surface area contributed by atoms with Gasteiger partial charge in [-0.05, 0) is 50.5 Å². The predicted octanol–water partition coefficient (Wildman–Crippen LogP) is 3.24. The molecule has 3 aromatic rings. The number of pyridine rings is 1. The smallest absolute Gasteiger partial charge is 0.254 e. The van der Waals surface area contributed by atoms with E-state index in [-0.39, 0.29) is 11.6 Å². The number of nitrogens with zero attached hydrogens (tertiary/aromatic N) is 4. The van der Waals surface area contributed by atoms with Crippen LogP contribution in [0.3, 0.4) is 0 Å². The highest BCUT2D eigenvalue weighted by molar-refractivity contribution is 5.38. The molecule has 0 amide bonds. The minimum atomic E-state index is -0.0896. The summed E-state index contributed by atoms with van der Waals surface area (Å²) in [6.45, 7) is 4.26. The normalized spacial score (nSPS) is 14.2. The number of aromatic nitrogens is 4. The molecule has 4 rings (SSSR count). The fourth-order valence-corrected chi connectivity index (χ4v) is 3.27. The van der Waals surface area contributed by atoms with E-state index in [9.17, 15) is 4.79 Å². The zero-order valence-corrected chi connectivity index (χ0v) is 16.9. The molecule has 6 heteroatoms. The highest BCUT2D eigenvalue weighted by Gasteiger charge is 2.18. The topological polar surface area (TPSA) is 61.9 Å². The Morgan fingerprint density at radius 3 is 2.62 bits per heavy atom. The molecule has 0 bridgehead atoms. The third kappa shape index (κ3) is 4.40. The van der Waals surface area contributed by atoms with E-state index in [1.807, 2.05) is 44.2 Å². The lowest BCUT2D eigenvalue weighted by Gasteiger charge is -2.19. The van der Waals surface area contributed by atoms with E-state index in [1.54, 1.807) is 22.5 Å². The summed E-state index contributed by atoms with van der Waals surface area (Å²) in [6, 6.07) is 11.5. The second-order valence-corrected chi connectivity index (χ2v) is 7.52. The number of hydrogen-bond acceptors (Lipinski definition) is 4. The van der Waals surface area contributed by atoms with Crippen LogP contribution in [-0.4, -0.2) is 19.6 Å². The van der Waals surface area contributed by atoms with E-state index >= 15 is 0 Å². The molecule has 2 heterocycles. The molecule has 2 aromatic heterocycles. The van der Waals surface area contributed by atoms with Gasteiger partial charge in [-0.15, -0.1) is 5.10 Å². The van der Waals surface area contributed by atoms with Gasteiger partial charge >= 0.3 is 0 Å². The number of ether oxygens (including phenoxy) is 1. The number of rotatable bonds is 5. The summed E-state index contributed by atoms with van der Waals surface area (Å²) in [7, 11) is 1.80. The van der Waals surface area contributed by atoms with Crippen molar-refractivity contribution < 1.29 is 4.74 Å². The predicted molar refractivity (Wildman–Crippen MR) is 111 cm³/mol. The lowest BCUT2D eigenvalue weighted by Crippen LogP contribution is -2.25. The minimum Gasteiger partial charge on any atom is -0.487 e. The van der Waals surface area contributed by atoms with Gasteiger partial charge in [0, 0.05) is 30.3 Å². The highest BCUT2D eigenvalue weighted by Crippen LogP contribution is 2.27. The first-order valence-corrected chi connectivity index (χ1v) is 9.82. The first-order chi connectivity index (χ1) is 14.0. The average molecular weight is 388 g/mol. The molecular weight excluding hydrogens is 364 g/mol. The molecule has 1 saturated carbocycles. The van der Waals surface area contributed by atoms with Crippen LogP contribution in [0.25, 0.3) is 0 Å². The maximum absolute atomic E-state index is 12.8. The van der Waals surface area contributed by atoms with Crippen LogP contribution in [0, 0.1) is 24.7 Å². The van der Waals surface area contributed by atoms with Crippen molar-refractivity contribution in [1.29, 1.82) is 0 Å². The lowest BCUT2D eigenvalue weighted by atomic mass is 10.1. The summed E-state index contributed by atoms with van der Waals surface area (Å²) in [5, 5.41) is 7.70. The SMILES string of the molecule is Cc1cc(OCc2cnnn2C)cc(=O)n1[C@H](C)c1ccc(C#CC2CC2)cc1. The Labute approximate surface area is 170 Å². The molecule has 0 N–H and O–H groups in total. The molecule has 29 heavy (non-hydrogen) atoms. The minimum absolute atomic E-state index is 0.0803. The largest absolute Gasteiger partial charge is 0.487 e. The maximum Gasteiger partial charge on any atom is 0.254 e. The van der Waals surface area contributed by atoms with Crippen molar-refractivity contribution in [3.05, 3.63) is 75.5 Å². The van der Waals surface area contributed by atoms with Gasteiger partial charge in [-0.2, -0.15) is 0 Å². The fraction of sp³-hybridized carbons (Fsp3) is 0.348. The Balaban J connectivity index is 1.50. The Hall–Kier alpha value is -3.33. The lowest BCUT2D eigenvalue weighted by molar-refractivity contribution is 0.293. The fourth-order valence-electron chi connectivity index (χ4n) is 3.27. The molecule has 6 nitrogen and oxygen atoms in total. The van der Waals surface area contributed by atoms with Gasteiger partial charge in [0.05, 0.1) is 17.9 Å². The molecule has 0 radical (unpaired) electrons. The molecule has 0 unspecified atom stereocenters. The monoisotopic (exact) mass is 388 g/mol. The Bertz CT molecular complexity index is 1130. The Morgan fingerprint density at radius 2 is 2.00 bits per heavy atom. The van der Waals surface area contributed by atoms with Crippen molar-refractivity contribution in [2.45, 2.75) is 39.3 Å². The zero-order valence-electron chi connectivity index (χ0n) is 16.9. The standard InChI is InChI=1S/C23H24N4O2/c1-16-12-22(29-15-21-14-24-25-26(21)3)13-23(28)27(16)17(2)20-10-8-19(9-11-20)7-6-18-4-5-18/h8-14,17-18H,4-5,15H2,1-3H3/t17-/m1/s1. The van der Waals surface area contributed by atoms with Gasteiger partial charge < -0.3 is 9.30 Å². The first-order valence-electron chi connectivity index (χ1n) is 9.82. The van der Waals surface area contributed by atoms with Crippen LogP contribution < -0.4 is 10.3 Å². The van der Waals surface area contributed by atoms with E-state index in [2.05, 4.69) is 22.2 Å². The van der Waals surface area contributed by atoms with Crippen LogP contribution in [0.4, 0.5) is 0 Å². The van der Waals surface area contributed by atoms with Crippen LogP contribution in [-0.2, 0) is 13.7 Å². The van der Waals surface area contributed by atoms with E-state index in [4.69, 9.17) is 4.74 Å². The summed E-state index contributed by atoms with van der Waals surface area (Å²) in [5.74, 6) is 7.63. The third-order valence-electron chi connectivity index (χ3n) is 5.21. The summed E-state index contributed by atoms with van der Waals surface area (Å²) < 4.78 is 9.20. The first kappa shape index (κ1) is 19.0. The zero-order chi connectivity index (χ0) is 20.4. The summed E-state index contributed by atoms with van der Waals surface area (Å²) in [4.78, 5) is 12.8. The molecule has 0 aliphatic heterocycles. The van der Waals surface area contributed by atoms with Crippen molar-refractivity contribution in [3.8, 4) is 17.6 Å². The highest BCUT2D eigenvalue weighted by atomic mass is 16.5. The van der Waals surface area contributed by atoms with Crippen molar-refractivity contribution >= 4 is 0 Å². The Morgan fingerprint density at radius 1 is 1.24 bits per heavy atom. The Kier molecular flexibility index (Phi) is 5.22. The molecule has 1 aliphatic rings. The van der Waals surface area contributed by atoms with Crippen LogP contribution in [0.2, 0.25) is 0 Å². The van der Waals surface area contributed by atoms with Crippen LogP contribution in [0.1, 0.15) is 48.3 Å². The van der Waals surface area contributed by atoms with Crippen molar-refractivity contribution in [1.82, 2.24) is 19.6 Å². The van der Waals surface area contributed by atoms with Gasteiger partial charge in [-0.1, -0.05) is 29.2 Å². The molecule has 1 aromatic carbocycles. The van der Waals surface area contributed by atoms with E-state index in [0.717, 1.165) is 22.5 Å². The molecular formula is C23H24N4O2. The maximum atomic E-state index is 12.8. The molecule has 1 fully saturated rings. The second-order valence-electron chi connectivity index (χ2n) is 7.52. The molecule has 148 valence electrons. The van der Waals surface area contributed by atoms with E-state index < -0.39 is 0 Å². The summed E-state index contributed by atoms with van der Waals surface area (Å²) in [6.07, 6.45) is 4.10. The second kappa shape index (κ2) is 7.96. The van der Waals surface area contributed by atoms with Gasteiger partial charge in [0.2, 0.25) is 0 Å². The van der Waals surface area contributed by atoms with Gasteiger partial charge in [-0.3, -0.25) is 4.79 Å². The summed E-state index contributed by atoms with van der Waals surface area (Å²) in [5.41, 5.74) is 3.69. The van der Waals surface area contributed by atoms with Gasteiger partial charge in [0.15, 0.2) is 0 Å². The van der Waals surface area contributed by atoms with Gasteiger partial charge in [0.1, 0.15) is 12.4 Å². The van der Waals surface area contributed by atoms with Gasteiger partial charge in [0.25, 0.3) is 5.56 Å². The van der Waals surface area contributed by atoms with Crippen LogP contribution in [0.5, 0.6) is 5.75 Å². The average Bonchev–Trinajstić information content (AvgIpc) is 3.45. The van der Waals surface area contributed by atoms with Crippen LogP contribution >= 0.6 is 0 Å². The van der Waals surface area contributed by atoms with Crippen molar-refractivity contribution in [2.24, 2.45) is 13.0 Å². The van der Waals surface area contributed by atoms with E-state index in [0.29, 0.717) is 18.3 Å². The van der Waals surface area contributed by atoms with Crippen molar-refractivity contribution in [2.75, 3.05) is 0 Å². The quantitative estimate of drug-likeness (QED) is 0.630. The molecule has 1 atom stereocenters. The van der Waals surface area contributed by atoms with Gasteiger partial charge in [-0.25, -0.2) is 4.68 Å². The van der Waals surface area contributed by atoms with E-state index in [1.165, 1.54) is 18.9 Å². The number of benzene rings is 1. The molecule has 0 saturated heterocycles. The number of hydrogen-bond donors (Lipinski definition) is 0.